The monoisotopic (exact) mass is 252 g/mol. The quantitative estimate of drug-likeness (QED) is 0.767. The fourth-order valence-corrected chi connectivity index (χ4v) is 2.71. The molecule has 0 aliphatic carbocycles. The van der Waals surface area contributed by atoms with Crippen molar-refractivity contribution in [2.75, 3.05) is 13.1 Å². The summed E-state index contributed by atoms with van der Waals surface area (Å²) in [4.78, 5) is 6.73. The molecule has 1 aliphatic heterocycles. The van der Waals surface area contributed by atoms with E-state index in [4.69, 9.17) is 11.6 Å². The molecule has 1 fully saturated rings. The van der Waals surface area contributed by atoms with Gasteiger partial charge in [-0.2, -0.15) is 0 Å². The summed E-state index contributed by atoms with van der Waals surface area (Å²) in [5.41, 5.74) is 1.31. The number of hydrogen-bond acceptors (Lipinski definition) is 2. The van der Waals surface area contributed by atoms with Gasteiger partial charge in [0.25, 0.3) is 0 Å². The van der Waals surface area contributed by atoms with E-state index in [0.29, 0.717) is 11.2 Å². The number of halogens is 1. The Morgan fingerprint density at radius 2 is 2.29 bits per heavy atom. The zero-order valence-corrected chi connectivity index (χ0v) is 11.5. The Kier molecular flexibility index (Phi) is 4.41. The van der Waals surface area contributed by atoms with Crippen molar-refractivity contribution >= 4 is 11.6 Å². The summed E-state index contributed by atoms with van der Waals surface area (Å²) in [7, 11) is 0. The third-order valence-corrected chi connectivity index (χ3v) is 3.82. The van der Waals surface area contributed by atoms with Crippen molar-refractivity contribution in [2.24, 2.45) is 5.92 Å². The minimum atomic E-state index is 0.584. The first-order valence-electron chi connectivity index (χ1n) is 6.49. The summed E-state index contributed by atoms with van der Waals surface area (Å²) >= 11 is 5.80. The maximum Gasteiger partial charge on any atom is 0.129 e. The van der Waals surface area contributed by atoms with E-state index in [-0.39, 0.29) is 0 Å². The van der Waals surface area contributed by atoms with Crippen LogP contribution in [0.1, 0.15) is 32.3 Å². The van der Waals surface area contributed by atoms with Crippen molar-refractivity contribution < 1.29 is 0 Å². The molecular weight excluding hydrogens is 232 g/mol. The van der Waals surface area contributed by atoms with Gasteiger partial charge in [-0.1, -0.05) is 17.7 Å². The molecule has 0 radical (unpaired) electrons. The minimum absolute atomic E-state index is 0.584. The van der Waals surface area contributed by atoms with Crippen LogP contribution in [0.4, 0.5) is 0 Å². The number of hydrogen-bond donors (Lipinski definition) is 0. The van der Waals surface area contributed by atoms with E-state index < -0.39 is 0 Å². The summed E-state index contributed by atoms with van der Waals surface area (Å²) in [6.45, 7) is 7.05. The summed E-state index contributed by atoms with van der Waals surface area (Å²) in [5.74, 6) is 0.772. The van der Waals surface area contributed by atoms with Gasteiger partial charge in [0.1, 0.15) is 5.15 Å². The van der Waals surface area contributed by atoms with Gasteiger partial charge in [0, 0.05) is 18.8 Å². The second-order valence-corrected chi connectivity index (χ2v) is 5.68. The molecule has 2 heterocycles. The van der Waals surface area contributed by atoms with E-state index in [1.54, 1.807) is 0 Å². The van der Waals surface area contributed by atoms with Crippen LogP contribution in [-0.2, 0) is 6.42 Å². The maximum absolute atomic E-state index is 5.80. The van der Waals surface area contributed by atoms with E-state index in [9.17, 15) is 0 Å². The first-order valence-corrected chi connectivity index (χ1v) is 6.87. The number of aromatic nitrogens is 1. The van der Waals surface area contributed by atoms with Crippen molar-refractivity contribution in [2.45, 2.75) is 39.2 Å². The normalized spacial score (nSPS) is 22.0. The fraction of sp³-hybridized carbons (Fsp3) is 0.643. The van der Waals surface area contributed by atoms with E-state index in [1.807, 2.05) is 12.3 Å². The zero-order chi connectivity index (χ0) is 12.3. The van der Waals surface area contributed by atoms with Crippen LogP contribution in [0, 0.1) is 5.92 Å². The van der Waals surface area contributed by atoms with E-state index >= 15 is 0 Å². The van der Waals surface area contributed by atoms with Crippen LogP contribution >= 0.6 is 11.6 Å². The van der Waals surface area contributed by atoms with Gasteiger partial charge in [-0.3, -0.25) is 0 Å². The molecule has 94 valence electrons. The Labute approximate surface area is 109 Å². The van der Waals surface area contributed by atoms with Crippen LogP contribution in [0.3, 0.4) is 0 Å². The van der Waals surface area contributed by atoms with E-state index in [2.05, 4.69) is 29.8 Å². The standard InChI is InChI=1S/C14H21ClN2/c1-11(2)17-7-3-4-13(10-17)8-12-5-6-14(15)16-9-12/h5-6,9,11,13H,3-4,7-8,10H2,1-2H3/t13-/m1/s1. The molecule has 2 rings (SSSR count). The second kappa shape index (κ2) is 5.83. The van der Waals surface area contributed by atoms with Crippen molar-refractivity contribution in [3.05, 3.63) is 29.0 Å². The van der Waals surface area contributed by atoms with Gasteiger partial charge in [0.15, 0.2) is 0 Å². The zero-order valence-electron chi connectivity index (χ0n) is 10.7. The molecule has 1 aromatic heterocycles. The van der Waals surface area contributed by atoms with E-state index in [0.717, 1.165) is 12.3 Å². The van der Waals surface area contributed by atoms with Crippen LogP contribution in [0.15, 0.2) is 18.3 Å². The molecule has 1 atom stereocenters. The lowest BCUT2D eigenvalue weighted by atomic mass is 9.91. The lowest BCUT2D eigenvalue weighted by Gasteiger charge is -2.35. The van der Waals surface area contributed by atoms with Crippen LogP contribution in [0.25, 0.3) is 0 Å². The largest absolute Gasteiger partial charge is 0.301 e. The molecule has 0 spiro atoms. The molecule has 0 amide bonds. The topological polar surface area (TPSA) is 16.1 Å². The van der Waals surface area contributed by atoms with Crippen LogP contribution < -0.4 is 0 Å². The highest BCUT2D eigenvalue weighted by atomic mass is 35.5. The average molecular weight is 253 g/mol. The summed E-state index contributed by atoms with van der Waals surface area (Å²) < 4.78 is 0. The highest BCUT2D eigenvalue weighted by Gasteiger charge is 2.21. The van der Waals surface area contributed by atoms with Gasteiger partial charge < -0.3 is 4.90 Å². The van der Waals surface area contributed by atoms with Gasteiger partial charge in [-0.15, -0.1) is 0 Å². The molecule has 1 saturated heterocycles. The van der Waals surface area contributed by atoms with E-state index in [1.165, 1.54) is 31.5 Å². The lowest BCUT2D eigenvalue weighted by molar-refractivity contribution is 0.139. The van der Waals surface area contributed by atoms with Gasteiger partial charge in [0.2, 0.25) is 0 Å². The molecule has 0 saturated carbocycles. The minimum Gasteiger partial charge on any atom is -0.301 e. The maximum atomic E-state index is 5.80. The Bertz CT molecular complexity index is 348. The van der Waals surface area contributed by atoms with Crippen molar-refractivity contribution in [1.82, 2.24) is 9.88 Å². The number of pyridine rings is 1. The number of likely N-dealkylation sites (tertiary alicyclic amines) is 1. The third-order valence-electron chi connectivity index (χ3n) is 3.59. The molecule has 3 heteroatoms. The molecule has 2 nitrogen and oxygen atoms in total. The molecule has 1 aromatic rings. The number of piperidine rings is 1. The second-order valence-electron chi connectivity index (χ2n) is 5.29. The number of rotatable bonds is 3. The van der Waals surface area contributed by atoms with Crippen molar-refractivity contribution in [3.63, 3.8) is 0 Å². The van der Waals surface area contributed by atoms with Gasteiger partial charge in [0.05, 0.1) is 0 Å². The third kappa shape index (κ3) is 3.68. The van der Waals surface area contributed by atoms with Gasteiger partial charge in [-0.05, 0) is 57.2 Å². The molecule has 0 aromatic carbocycles. The molecule has 17 heavy (non-hydrogen) atoms. The Morgan fingerprint density at radius 3 is 2.94 bits per heavy atom. The SMILES string of the molecule is CC(C)N1CCC[C@H](Cc2ccc(Cl)nc2)C1. The summed E-state index contributed by atoms with van der Waals surface area (Å²) in [5, 5.41) is 0.584. The molecule has 1 aliphatic rings. The molecular formula is C14H21ClN2. The first kappa shape index (κ1) is 12.8. The lowest BCUT2D eigenvalue weighted by Crippen LogP contribution is -2.40. The first-order chi connectivity index (χ1) is 8.15. The molecule has 0 N–H and O–H groups in total. The predicted octanol–water partition coefficient (Wildman–Crippen LogP) is 3.40. The predicted molar refractivity (Wildman–Crippen MR) is 72.4 cm³/mol. The fourth-order valence-electron chi connectivity index (χ4n) is 2.59. The smallest absolute Gasteiger partial charge is 0.129 e. The van der Waals surface area contributed by atoms with Crippen LogP contribution in [0.5, 0.6) is 0 Å². The van der Waals surface area contributed by atoms with Crippen LogP contribution in [0.2, 0.25) is 5.15 Å². The molecule has 0 unspecified atom stereocenters. The van der Waals surface area contributed by atoms with Crippen LogP contribution in [-0.4, -0.2) is 29.0 Å². The molecule has 0 bridgehead atoms. The summed E-state index contributed by atoms with van der Waals surface area (Å²) in [6, 6.07) is 4.66. The summed E-state index contributed by atoms with van der Waals surface area (Å²) in [6.07, 6.45) is 5.71. The van der Waals surface area contributed by atoms with Gasteiger partial charge >= 0.3 is 0 Å². The average Bonchev–Trinajstić information content (AvgIpc) is 2.32. The van der Waals surface area contributed by atoms with Gasteiger partial charge in [-0.25, -0.2) is 4.98 Å². The Hall–Kier alpha value is -0.600. The van der Waals surface area contributed by atoms with Crippen molar-refractivity contribution in [3.8, 4) is 0 Å². The highest BCUT2D eigenvalue weighted by molar-refractivity contribution is 6.29. The highest BCUT2D eigenvalue weighted by Crippen LogP contribution is 2.22. The Balaban J connectivity index is 1.92. The number of nitrogens with zero attached hydrogens (tertiary/aromatic N) is 2. The Morgan fingerprint density at radius 1 is 1.47 bits per heavy atom. The van der Waals surface area contributed by atoms with Crippen molar-refractivity contribution in [1.29, 1.82) is 0 Å².